The van der Waals surface area contributed by atoms with E-state index in [4.69, 9.17) is 9.47 Å². The zero-order valence-corrected chi connectivity index (χ0v) is 19.6. The predicted molar refractivity (Wildman–Crippen MR) is 129 cm³/mol. The Labute approximate surface area is 205 Å². The van der Waals surface area contributed by atoms with Gasteiger partial charge in [0.2, 0.25) is 5.82 Å². The molecule has 0 atom stereocenters. The summed E-state index contributed by atoms with van der Waals surface area (Å²) < 4.78 is 68.2. The van der Waals surface area contributed by atoms with E-state index in [1.54, 1.807) is 19.1 Å². The highest BCUT2D eigenvalue weighted by Crippen LogP contribution is 2.32. The summed E-state index contributed by atoms with van der Waals surface area (Å²) in [4.78, 5) is 12.3. The van der Waals surface area contributed by atoms with Crippen LogP contribution in [0.3, 0.4) is 0 Å². The van der Waals surface area contributed by atoms with Crippen molar-refractivity contribution in [1.29, 1.82) is 0 Å². The second kappa shape index (κ2) is 10.6. The van der Waals surface area contributed by atoms with Crippen molar-refractivity contribution in [2.75, 3.05) is 6.61 Å². The summed E-state index contributed by atoms with van der Waals surface area (Å²) >= 11 is 0. The van der Waals surface area contributed by atoms with E-state index >= 15 is 0 Å². The van der Waals surface area contributed by atoms with Gasteiger partial charge in [0, 0.05) is 11.1 Å². The molecule has 0 bridgehead atoms. The third kappa shape index (κ3) is 4.96. The molecule has 7 heteroatoms. The second-order valence-corrected chi connectivity index (χ2v) is 7.93. The number of carbonyl (C=O) groups excluding carboxylic acids is 1. The number of hydrogen-bond acceptors (Lipinski definition) is 3. The first-order valence-corrected chi connectivity index (χ1v) is 11.3. The molecule has 0 aliphatic carbocycles. The van der Waals surface area contributed by atoms with E-state index < -0.39 is 34.8 Å². The summed E-state index contributed by atoms with van der Waals surface area (Å²) in [5.74, 6) is -6.06. The lowest BCUT2D eigenvalue weighted by Gasteiger charge is -2.11. The average Bonchev–Trinajstić information content (AvgIpc) is 2.89. The summed E-state index contributed by atoms with van der Waals surface area (Å²) in [5, 5.41) is 0. The monoisotopic (exact) mass is 494 g/mol. The molecule has 0 spiro atoms. The molecule has 0 aliphatic rings. The van der Waals surface area contributed by atoms with Gasteiger partial charge in [-0.2, -0.15) is 4.39 Å². The maximum Gasteiger partial charge on any atom is 0.346 e. The molecule has 0 aliphatic heterocycles. The largest absolute Gasteiger partial charge is 0.491 e. The topological polar surface area (TPSA) is 35.5 Å². The Bertz CT molecular complexity index is 1400. The summed E-state index contributed by atoms with van der Waals surface area (Å²) in [6.45, 7) is 3.75. The highest BCUT2D eigenvalue weighted by molar-refractivity contribution is 5.91. The molecular weight excluding hydrogens is 472 g/mol. The molecule has 36 heavy (non-hydrogen) atoms. The zero-order valence-electron chi connectivity index (χ0n) is 19.6. The molecule has 4 rings (SSSR count). The van der Waals surface area contributed by atoms with Gasteiger partial charge in [-0.1, -0.05) is 55.5 Å². The van der Waals surface area contributed by atoms with Gasteiger partial charge in [-0.25, -0.2) is 18.0 Å². The molecule has 4 aromatic rings. The Morgan fingerprint density at radius 3 is 1.75 bits per heavy atom. The second-order valence-electron chi connectivity index (χ2n) is 7.93. The third-order valence-electron chi connectivity index (χ3n) is 5.70. The van der Waals surface area contributed by atoms with Crippen LogP contribution in [-0.2, 0) is 6.42 Å². The fourth-order valence-corrected chi connectivity index (χ4v) is 3.74. The summed E-state index contributed by atoms with van der Waals surface area (Å²) in [7, 11) is 0. The molecule has 0 amide bonds. The molecule has 0 fully saturated rings. The fraction of sp³-hybridized carbons (Fsp3) is 0.138. The smallest absolute Gasteiger partial charge is 0.346 e. The Balaban J connectivity index is 1.54. The third-order valence-corrected chi connectivity index (χ3v) is 5.70. The number of ether oxygens (including phenoxy) is 2. The lowest BCUT2D eigenvalue weighted by Crippen LogP contribution is -2.12. The number of rotatable bonds is 7. The first kappa shape index (κ1) is 25.0. The van der Waals surface area contributed by atoms with Crippen molar-refractivity contribution < 1.29 is 31.8 Å². The van der Waals surface area contributed by atoms with Crippen molar-refractivity contribution in [3.63, 3.8) is 0 Å². The minimum atomic E-state index is -1.38. The molecule has 184 valence electrons. The van der Waals surface area contributed by atoms with Gasteiger partial charge in [0.15, 0.2) is 23.2 Å². The number of esters is 1. The van der Waals surface area contributed by atoms with E-state index in [0.29, 0.717) is 11.1 Å². The van der Waals surface area contributed by atoms with Gasteiger partial charge in [-0.3, -0.25) is 0 Å². The van der Waals surface area contributed by atoms with Gasteiger partial charge in [0.25, 0.3) is 0 Å². The zero-order chi connectivity index (χ0) is 25.8. The molecule has 0 saturated carbocycles. The van der Waals surface area contributed by atoms with Gasteiger partial charge >= 0.3 is 5.97 Å². The molecular formula is C29H22F4O3. The Morgan fingerprint density at radius 1 is 0.667 bits per heavy atom. The van der Waals surface area contributed by atoms with Crippen LogP contribution in [0.1, 0.15) is 29.8 Å². The Kier molecular flexibility index (Phi) is 7.38. The molecule has 0 aromatic heterocycles. The summed E-state index contributed by atoms with van der Waals surface area (Å²) in [6.07, 6.45) is 0.841. The normalized spacial score (nSPS) is 10.8. The molecule has 3 nitrogen and oxygen atoms in total. The minimum Gasteiger partial charge on any atom is -0.491 e. The first-order valence-electron chi connectivity index (χ1n) is 11.3. The Hall–Kier alpha value is -4.13. The van der Waals surface area contributed by atoms with Crippen LogP contribution in [-0.4, -0.2) is 12.6 Å². The van der Waals surface area contributed by atoms with Crippen LogP contribution in [0.4, 0.5) is 17.6 Å². The summed E-state index contributed by atoms with van der Waals surface area (Å²) in [5.41, 5.74) is 1.57. The van der Waals surface area contributed by atoms with Crippen LogP contribution >= 0.6 is 0 Å². The van der Waals surface area contributed by atoms with Crippen molar-refractivity contribution in [1.82, 2.24) is 0 Å². The lowest BCUT2D eigenvalue weighted by molar-refractivity contribution is 0.0728. The van der Waals surface area contributed by atoms with Gasteiger partial charge < -0.3 is 9.47 Å². The van der Waals surface area contributed by atoms with Crippen LogP contribution in [0.5, 0.6) is 11.5 Å². The SMILES string of the molecule is CCOc1ccc(C(=O)Oc2ccc(-c3ccc(-c4ccc(CC)cc4)c(F)c3F)cc2)c(F)c1F. The van der Waals surface area contributed by atoms with E-state index in [1.165, 1.54) is 36.4 Å². The van der Waals surface area contributed by atoms with Crippen LogP contribution in [0.15, 0.2) is 72.8 Å². The minimum absolute atomic E-state index is 0.0194. The van der Waals surface area contributed by atoms with E-state index in [-0.39, 0.29) is 29.2 Å². The number of aryl methyl sites for hydroxylation is 1. The van der Waals surface area contributed by atoms with Crippen LogP contribution in [0.25, 0.3) is 22.3 Å². The fourth-order valence-electron chi connectivity index (χ4n) is 3.74. The van der Waals surface area contributed by atoms with E-state index in [0.717, 1.165) is 24.1 Å². The number of hydrogen-bond donors (Lipinski definition) is 0. The summed E-state index contributed by atoms with van der Waals surface area (Å²) in [6, 6.07) is 18.0. The average molecular weight is 494 g/mol. The standard InChI is InChI=1S/C29H22F4O3/c1-3-17-5-7-18(8-6-17)21-13-14-22(26(31)25(21)30)19-9-11-20(12-10-19)36-29(34)23-15-16-24(35-4-2)28(33)27(23)32/h5-16H,3-4H2,1-2H3. The number of halogens is 4. The quantitative estimate of drug-likeness (QED) is 0.150. The number of carbonyl (C=O) groups is 1. The van der Waals surface area contributed by atoms with Crippen molar-refractivity contribution in [3.8, 4) is 33.8 Å². The van der Waals surface area contributed by atoms with Crippen molar-refractivity contribution >= 4 is 5.97 Å². The van der Waals surface area contributed by atoms with E-state index in [2.05, 4.69) is 0 Å². The van der Waals surface area contributed by atoms with Crippen LogP contribution in [0, 0.1) is 23.3 Å². The van der Waals surface area contributed by atoms with Gasteiger partial charge in [0.1, 0.15) is 5.75 Å². The molecule has 0 heterocycles. The Morgan fingerprint density at radius 2 is 1.22 bits per heavy atom. The maximum atomic E-state index is 14.9. The highest BCUT2D eigenvalue weighted by atomic mass is 19.2. The van der Waals surface area contributed by atoms with Crippen molar-refractivity contribution in [3.05, 3.63) is 107 Å². The first-order chi connectivity index (χ1) is 17.3. The molecule has 0 radical (unpaired) electrons. The van der Waals surface area contributed by atoms with Crippen LogP contribution < -0.4 is 9.47 Å². The van der Waals surface area contributed by atoms with E-state index in [1.807, 2.05) is 19.1 Å². The highest BCUT2D eigenvalue weighted by Gasteiger charge is 2.21. The lowest BCUT2D eigenvalue weighted by atomic mass is 9.98. The molecule has 0 unspecified atom stereocenters. The van der Waals surface area contributed by atoms with E-state index in [9.17, 15) is 22.4 Å². The maximum absolute atomic E-state index is 14.9. The molecule has 0 N–H and O–H groups in total. The van der Waals surface area contributed by atoms with Crippen molar-refractivity contribution in [2.24, 2.45) is 0 Å². The number of benzene rings is 4. The van der Waals surface area contributed by atoms with Crippen LogP contribution in [0.2, 0.25) is 0 Å². The molecule has 4 aromatic carbocycles. The van der Waals surface area contributed by atoms with Gasteiger partial charge in [-0.05, 0) is 54.3 Å². The van der Waals surface area contributed by atoms with Gasteiger partial charge in [-0.15, -0.1) is 0 Å². The van der Waals surface area contributed by atoms with Gasteiger partial charge in [0.05, 0.1) is 12.2 Å². The molecule has 0 saturated heterocycles. The predicted octanol–water partition coefficient (Wildman–Crippen LogP) is 7.76. The van der Waals surface area contributed by atoms with Crippen molar-refractivity contribution in [2.45, 2.75) is 20.3 Å².